The van der Waals surface area contributed by atoms with Gasteiger partial charge in [-0.25, -0.2) is 4.79 Å². The normalized spacial score (nSPS) is 17.8. The van der Waals surface area contributed by atoms with Crippen LogP contribution >= 0.6 is 11.8 Å². The van der Waals surface area contributed by atoms with Crippen LogP contribution in [-0.4, -0.2) is 57.6 Å². The highest BCUT2D eigenvalue weighted by atomic mass is 32.2. The van der Waals surface area contributed by atoms with Crippen molar-refractivity contribution in [2.45, 2.75) is 19.3 Å². The fourth-order valence-corrected chi connectivity index (χ4v) is 2.61. The van der Waals surface area contributed by atoms with E-state index in [1.54, 1.807) is 0 Å². The first-order valence-electron chi connectivity index (χ1n) is 6.67. The van der Waals surface area contributed by atoms with E-state index in [1.165, 1.54) is 23.9 Å². The molecule has 0 unspecified atom stereocenters. The highest BCUT2D eigenvalue weighted by Gasteiger charge is 2.32. The minimum absolute atomic E-state index is 0.0167. The summed E-state index contributed by atoms with van der Waals surface area (Å²) in [6.45, 7) is 0.288. The van der Waals surface area contributed by atoms with Gasteiger partial charge in [0.1, 0.15) is 0 Å². The van der Waals surface area contributed by atoms with E-state index in [0.717, 1.165) is 4.90 Å². The monoisotopic (exact) mass is 326 g/mol. The molecule has 0 aromatic heterocycles. The van der Waals surface area contributed by atoms with Crippen molar-refractivity contribution in [2.24, 2.45) is 0 Å². The van der Waals surface area contributed by atoms with Crippen LogP contribution in [0, 0.1) is 0 Å². The molecule has 0 N–H and O–H groups in total. The van der Waals surface area contributed by atoms with Crippen LogP contribution < -0.4 is 0 Å². The summed E-state index contributed by atoms with van der Waals surface area (Å²) in [6.07, 6.45) is 3.10. The van der Waals surface area contributed by atoms with Gasteiger partial charge in [-0.3, -0.25) is 24.1 Å². The smallest absolute Gasteiger partial charge is 0.329 e. The summed E-state index contributed by atoms with van der Waals surface area (Å²) in [6, 6.07) is 0. The standard InChI is InChI=1S/C13H14N2O6S/c16-9-2-3-10(17)14(9)6-1-7-22-8-13(20)21-15-11(18)4-5-12(15)19/h2-3H,1,4-8H2. The van der Waals surface area contributed by atoms with Gasteiger partial charge in [0, 0.05) is 31.5 Å². The average molecular weight is 326 g/mol. The molecule has 1 saturated heterocycles. The van der Waals surface area contributed by atoms with Crippen LogP contribution in [0.25, 0.3) is 0 Å². The summed E-state index contributed by atoms with van der Waals surface area (Å²) >= 11 is 1.24. The van der Waals surface area contributed by atoms with E-state index in [1.807, 2.05) is 0 Å². The first kappa shape index (κ1) is 16.2. The second-order valence-electron chi connectivity index (χ2n) is 4.61. The van der Waals surface area contributed by atoms with Crippen molar-refractivity contribution in [1.29, 1.82) is 0 Å². The maximum absolute atomic E-state index is 11.5. The van der Waals surface area contributed by atoms with Gasteiger partial charge in [0.05, 0.1) is 5.75 Å². The lowest BCUT2D eigenvalue weighted by molar-refractivity contribution is -0.195. The van der Waals surface area contributed by atoms with Crippen LogP contribution in [0.2, 0.25) is 0 Å². The highest BCUT2D eigenvalue weighted by Crippen LogP contribution is 2.13. The second kappa shape index (κ2) is 7.21. The summed E-state index contributed by atoms with van der Waals surface area (Å²) in [5.41, 5.74) is 0. The topological polar surface area (TPSA) is 101 Å². The zero-order valence-corrected chi connectivity index (χ0v) is 12.5. The van der Waals surface area contributed by atoms with Gasteiger partial charge in [-0.1, -0.05) is 0 Å². The predicted molar refractivity (Wildman–Crippen MR) is 75.0 cm³/mol. The van der Waals surface area contributed by atoms with Crippen molar-refractivity contribution in [2.75, 3.05) is 18.1 Å². The lowest BCUT2D eigenvalue weighted by Crippen LogP contribution is -2.33. The first-order chi connectivity index (χ1) is 10.5. The van der Waals surface area contributed by atoms with Crippen molar-refractivity contribution >= 4 is 41.4 Å². The van der Waals surface area contributed by atoms with E-state index in [0.29, 0.717) is 17.2 Å². The molecular formula is C13H14N2O6S. The molecule has 8 nitrogen and oxygen atoms in total. The third-order valence-electron chi connectivity index (χ3n) is 2.99. The molecule has 2 aliphatic heterocycles. The van der Waals surface area contributed by atoms with E-state index in [9.17, 15) is 24.0 Å². The Morgan fingerprint density at radius 2 is 1.68 bits per heavy atom. The molecular weight excluding hydrogens is 312 g/mol. The van der Waals surface area contributed by atoms with Crippen molar-refractivity contribution in [3.63, 3.8) is 0 Å². The molecule has 0 atom stereocenters. The molecule has 9 heteroatoms. The number of carbonyl (C=O) groups excluding carboxylic acids is 5. The number of amides is 4. The molecule has 2 aliphatic rings. The number of hydroxylamine groups is 2. The fraction of sp³-hybridized carbons (Fsp3) is 0.462. The minimum atomic E-state index is -0.677. The lowest BCUT2D eigenvalue weighted by atomic mass is 10.4. The Hall–Kier alpha value is -2.16. The van der Waals surface area contributed by atoms with Gasteiger partial charge in [0.25, 0.3) is 23.6 Å². The van der Waals surface area contributed by atoms with Crippen LogP contribution in [0.3, 0.4) is 0 Å². The maximum atomic E-state index is 11.5. The molecule has 1 fully saturated rings. The Morgan fingerprint density at radius 1 is 1.09 bits per heavy atom. The molecule has 0 bridgehead atoms. The Bertz CT molecular complexity index is 525. The predicted octanol–water partition coefficient (Wildman–Crippen LogP) is -0.358. The summed E-state index contributed by atoms with van der Waals surface area (Å²) in [5.74, 6) is -1.85. The molecule has 2 rings (SSSR count). The van der Waals surface area contributed by atoms with Crippen LogP contribution in [0.5, 0.6) is 0 Å². The molecule has 0 saturated carbocycles. The molecule has 118 valence electrons. The molecule has 0 aliphatic carbocycles. The van der Waals surface area contributed by atoms with E-state index in [4.69, 9.17) is 4.84 Å². The molecule has 0 aromatic carbocycles. The molecule has 2 heterocycles. The molecule has 0 radical (unpaired) electrons. The van der Waals surface area contributed by atoms with Gasteiger partial charge in [0.2, 0.25) is 0 Å². The molecule has 0 aromatic rings. The number of nitrogens with zero attached hydrogens (tertiary/aromatic N) is 2. The minimum Gasteiger partial charge on any atom is -0.329 e. The third-order valence-corrected chi connectivity index (χ3v) is 4.01. The maximum Gasteiger partial charge on any atom is 0.342 e. The summed E-state index contributed by atoms with van der Waals surface area (Å²) < 4.78 is 0. The van der Waals surface area contributed by atoms with Gasteiger partial charge < -0.3 is 4.84 Å². The highest BCUT2D eigenvalue weighted by molar-refractivity contribution is 7.99. The number of carbonyl (C=O) groups is 5. The number of hydrogen-bond acceptors (Lipinski definition) is 7. The van der Waals surface area contributed by atoms with Gasteiger partial charge >= 0.3 is 5.97 Å². The van der Waals surface area contributed by atoms with Crippen LogP contribution in [0.15, 0.2) is 12.2 Å². The molecule has 0 spiro atoms. The van der Waals surface area contributed by atoms with Crippen molar-refractivity contribution in [1.82, 2.24) is 9.96 Å². The van der Waals surface area contributed by atoms with Gasteiger partial charge in [-0.05, 0) is 12.2 Å². The number of rotatable bonds is 7. The van der Waals surface area contributed by atoms with Gasteiger partial charge in [-0.2, -0.15) is 0 Å². The lowest BCUT2D eigenvalue weighted by Gasteiger charge is -2.13. The van der Waals surface area contributed by atoms with E-state index >= 15 is 0 Å². The SMILES string of the molecule is O=C(CSCCCN1C(=O)C=CC1=O)ON1C(=O)CCC1=O. The van der Waals surface area contributed by atoms with Crippen molar-refractivity contribution in [3.8, 4) is 0 Å². The zero-order valence-electron chi connectivity index (χ0n) is 11.6. The van der Waals surface area contributed by atoms with Crippen LogP contribution in [0.4, 0.5) is 0 Å². The fourth-order valence-electron chi connectivity index (χ4n) is 1.92. The summed E-state index contributed by atoms with van der Waals surface area (Å²) in [5, 5.41) is 0.510. The Morgan fingerprint density at radius 3 is 2.27 bits per heavy atom. The zero-order chi connectivity index (χ0) is 16.1. The van der Waals surface area contributed by atoms with Gasteiger partial charge in [0.15, 0.2) is 0 Å². The van der Waals surface area contributed by atoms with E-state index < -0.39 is 17.8 Å². The average Bonchev–Trinajstić information content (AvgIpc) is 2.96. The van der Waals surface area contributed by atoms with Crippen molar-refractivity contribution in [3.05, 3.63) is 12.2 Å². The quantitative estimate of drug-likeness (QED) is 0.465. The summed E-state index contributed by atoms with van der Waals surface area (Å²) in [7, 11) is 0. The Balaban J connectivity index is 1.60. The van der Waals surface area contributed by atoms with E-state index in [-0.39, 0.29) is 37.0 Å². The Kier molecular flexibility index (Phi) is 5.31. The number of imide groups is 2. The van der Waals surface area contributed by atoms with Crippen LogP contribution in [-0.2, 0) is 28.8 Å². The molecule has 22 heavy (non-hydrogen) atoms. The summed E-state index contributed by atoms with van der Waals surface area (Å²) in [4.78, 5) is 62.4. The molecule has 4 amide bonds. The first-order valence-corrected chi connectivity index (χ1v) is 7.82. The largest absolute Gasteiger partial charge is 0.342 e. The van der Waals surface area contributed by atoms with Gasteiger partial charge in [-0.15, -0.1) is 16.8 Å². The van der Waals surface area contributed by atoms with E-state index in [2.05, 4.69) is 0 Å². The number of thioether (sulfide) groups is 1. The Labute approximate surface area is 130 Å². The third kappa shape index (κ3) is 3.94. The van der Waals surface area contributed by atoms with Crippen molar-refractivity contribution < 1.29 is 28.8 Å². The number of hydrogen-bond donors (Lipinski definition) is 0. The second-order valence-corrected chi connectivity index (χ2v) is 5.72. The van der Waals surface area contributed by atoms with Crippen LogP contribution in [0.1, 0.15) is 19.3 Å².